The maximum atomic E-state index is 11.6. The highest BCUT2D eigenvalue weighted by atomic mass is 16.5. The zero-order valence-corrected chi connectivity index (χ0v) is 8.32. The van der Waals surface area contributed by atoms with Crippen molar-refractivity contribution < 1.29 is 9.53 Å². The third kappa shape index (κ3) is 1.95. The minimum atomic E-state index is 0.285. The normalized spacial score (nSPS) is 15.2. The smallest absolute Gasteiger partial charge is 0.165 e. The lowest BCUT2D eigenvalue weighted by Gasteiger charge is -2.03. The Morgan fingerprint density at radius 1 is 1.36 bits per heavy atom. The van der Waals surface area contributed by atoms with Crippen LogP contribution in [0.2, 0.25) is 0 Å². The summed E-state index contributed by atoms with van der Waals surface area (Å²) < 4.78 is 5.31. The minimum absolute atomic E-state index is 0.285. The van der Waals surface area contributed by atoms with E-state index in [0.717, 1.165) is 24.2 Å². The van der Waals surface area contributed by atoms with Gasteiger partial charge in [-0.15, -0.1) is 0 Å². The molecule has 1 aromatic carbocycles. The first kappa shape index (κ1) is 9.25. The standard InChI is InChI=1S/C12H14O2/c1-2-14-11-7-5-10(6-8-11)12(13)9-3-4-9/h5-9H,2-4H2,1H3. The third-order valence-electron chi connectivity index (χ3n) is 2.40. The van der Waals surface area contributed by atoms with Crippen LogP contribution in [0, 0.1) is 5.92 Å². The Morgan fingerprint density at radius 2 is 2.00 bits per heavy atom. The van der Waals surface area contributed by atoms with Gasteiger partial charge in [0.2, 0.25) is 0 Å². The van der Waals surface area contributed by atoms with Gasteiger partial charge in [-0.25, -0.2) is 0 Å². The highest BCUT2D eigenvalue weighted by Crippen LogP contribution is 2.32. The summed E-state index contributed by atoms with van der Waals surface area (Å²) in [7, 11) is 0. The van der Waals surface area contributed by atoms with Crippen molar-refractivity contribution in [3.8, 4) is 5.75 Å². The van der Waals surface area contributed by atoms with E-state index in [2.05, 4.69) is 0 Å². The van der Waals surface area contributed by atoms with E-state index in [4.69, 9.17) is 4.74 Å². The van der Waals surface area contributed by atoms with Gasteiger partial charge < -0.3 is 4.74 Å². The molecule has 2 nitrogen and oxygen atoms in total. The van der Waals surface area contributed by atoms with Gasteiger partial charge in [-0.3, -0.25) is 4.79 Å². The Balaban J connectivity index is 2.08. The van der Waals surface area contributed by atoms with Gasteiger partial charge in [0.05, 0.1) is 6.61 Å². The van der Waals surface area contributed by atoms with Crippen LogP contribution >= 0.6 is 0 Å². The van der Waals surface area contributed by atoms with Gasteiger partial charge in [-0.05, 0) is 44.0 Å². The average molecular weight is 190 g/mol. The van der Waals surface area contributed by atoms with Crippen LogP contribution in [0.4, 0.5) is 0 Å². The molecule has 0 bridgehead atoms. The molecular weight excluding hydrogens is 176 g/mol. The van der Waals surface area contributed by atoms with Crippen LogP contribution in [0.25, 0.3) is 0 Å². The lowest BCUT2D eigenvalue weighted by Crippen LogP contribution is -2.01. The monoisotopic (exact) mass is 190 g/mol. The van der Waals surface area contributed by atoms with Gasteiger partial charge in [0.15, 0.2) is 5.78 Å². The van der Waals surface area contributed by atoms with Crippen molar-refractivity contribution in [2.75, 3.05) is 6.61 Å². The number of carbonyl (C=O) groups is 1. The van der Waals surface area contributed by atoms with Crippen LogP contribution in [-0.2, 0) is 0 Å². The van der Waals surface area contributed by atoms with Gasteiger partial charge >= 0.3 is 0 Å². The first-order valence-corrected chi connectivity index (χ1v) is 5.08. The SMILES string of the molecule is CCOc1ccc(C(=O)C2CC2)cc1. The summed E-state index contributed by atoms with van der Waals surface area (Å²) in [5.41, 5.74) is 0.816. The van der Waals surface area contributed by atoms with E-state index in [9.17, 15) is 4.79 Å². The van der Waals surface area contributed by atoms with Crippen LogP contribution in [0.1, 0.15) is 30.1 Å². The summed E-state index contributed by atoms with van der Waals surface area (Å²) in [6.45, 7) is 2.61. The van der Waals surface area contributed by atoms with Crippen LogP contribution in [-0.4, -0.2) is 12.4 Å². The largest absolute Gasteiger partial charge is 0.494 e. The highest BCUT2D eigenvalue weighted by Gasteiger charge is 2.30. The van der Waals surface area contributed by atoms with Crippen molar-refractivity contribution in [1.29, 1.82) is 0 Å². The molecule has 0 unspecified atom stereocenters. The minimum Gasteiger partial charge on any atom is -0.494 e. The van der Waals surface area contributed by atoms with E-state index in [0.29, 0.717) is 12.5 Å². The van der Waals surface area contributed by atoms with E-state index in [1.165, 1.54) is 0 Å². The number of hydrogen-bond donors (Lipinski definition) is 0. The number of rotatable bonds is 4. The fourth-order valence-corrected chi connectivity index (χ4v) is 1.46. The zero-order chi connectivity index (χ0) is 9.97. The maximum Gasteiger partial charge on any atom is 0.165 e. The molecule has 0 aromatic heterocycles. The van der Waals surface area contributed by atoms with Crippen LogP contribution in [0.3, 0.4) is 0 Å². The number of ether oxygens (including phenoxy) is 1. The summed E-state index contributed by atoms with van der Waals surface area (Å²) in [6, 6.07) is 7.43. The predicted octanol–water partition coefficient (Wildman–Crippen LogP) is 2.68. The van der Waals surface area contributed by atoms with Crippen molar-refractivity contribution in [3.63, 3.8) is 0 Å². The quantitative estimate of drug-likeness (QED) is 0.682. The summed E-state index contributed by atoms with van der Waals surface area (Å²) in [4.78, 5) is 11.6. The number of benzene rings is 1. The molecule has 0 amide bonds. The average Bonchev–Trinajstić information content (AvgIpc) is 3.02. The second kappa shape index (κ2) is 3.82. The molecular formula is C12H14O2. The van der Waals surface area contributed by atoms with Crippen molar-refractivity contribution >= 4 is 5.78 Å². The topological polar surface area (TPSA) is 26.3 Å². The van der Waals surface area contributed by atoms with E-state index in [-0.39, 0.29) is 5.78 Å². The maximum absolute atomic E-state index is 11.6. The number of Topliss-reactive ketones (excluding diaryl/α,β-unsaturated/α-hetero) is 1. The van der Waals surface area contributed by atoms with Gasteiger partial charge in [-0.1, -0.05) is 0 Å². The molecule has 1 aromatic rings. The Hall–Kier alpha value is -1.31. The van der Waals surface area contributed by atoms with Gasteiger partial charge in [-0.2, -0.15) is 0 Å². The lowest BCUT2D eigenvalue weighted by molar-refractivity contribution is 0.0967. The molecule has 0 radical (unpaired) electrons. The fourth-order valence-electron chi connectivity index (χ4n) is 1.46. The molecule has 0 N–H and O–H groups in total. The van der Waals surface area contributed by atoms with E-state index < -0.39 is 0 Å². The summed E-state index contributed by atoms with van der Waals surface area (Å²) in [6.07, 6.45) is 2.12. The van der Waals surface area contributed by atoms with E-state index in [1.54, 1.807) is 0 Å². The van der Waals surface area contributed by atoms with E-state index >= 15 is 0 Å². The van der Waals surface area contributed by atoms with Crippen molar-refractivity contribution in [3.05, 3.63) is 29.8 Å². The van der Waals surface area contributed by atoms with Crippen molar-refractivity contribution in [2.24, 2.45) is 5.92 Å². The molecule has 0 heterocycles. The lowest BCUT2D eigenvalue weighted by atomic mass is 10.1. The summed E-state index contributed by atoms with van der Waals surface area (Å²) in [5.74, 6) is 1.42. The predicted molar refractivity (Wildman–Crippen MR) is 54.7 cm³/mol. The molecule has 2 rings (SSSR count). The molecule has 1 aliphatic rings. The fraction of sp³-hybridized carbons (Fsp3) is 0.417. The number of ketones is 1. The molecule has 74 valence electrons. The number of hydrogen-bond acceptors (Lipinski definition) is 2. The summed E-state index contributed by atoms with van der Waals surface area (Å²) in [5, 5.41) is 0. The third-order valence-corrected chi connectivity index (χ3v) is 2.40. The Kier molecular flexibility index (Phi) is 2.53. The molecule has 0 spiro atoms. The Bertz CT molecular complexity index is 323. The van der Waals surface area contributed by atoms with Crippen LogP contribution < -0.4 is 4.74 Å². The first-order valence-electron chi connectivity index (χ1n) is 5.08. The van der Waals surface area contributed by atoms with Crippen molar-refractivity contribution in [2.45, 2.75) is 19.8 Å². The van der Waals surface area contributed by atoms with Gasteiger partial charge in [0.25, 0.3) is 0 Å². The highest BCUT2D eigenvalue weighted by molar-refractivity contribution is 5.99. The van der Waals surface area contributed by atoms with Gasteiger partial charge in [0.1, 0.15) is 5.75 Å². The molecule has 0 saturated heterocycles. The molecule has 1 fully saturated rings. The Labute approximate surface area is 83.9 Å². The molecule has 0 aliphatic heterocycles. The zero-order valence-electron chi connectivity index (χ0n) is 8.32. The molecule has 14 heavy (non-hydrogen) atoms. The Morgan fingerprint density at radius 3 is 2.50 bits per heavy atom. The molecule has 0 atom stereocenters. The summed E-state index contributed by atoms with van der Waals surface area (Å²) >= 11 is 0. The molecule has 2 heteroatoms. The molecule has 1 aliphatic carbocycles. The first-order chi connectivity index (χ1) is 6.81. The second-order valence-corrected chi connectivity index (χ2v) is 3.60. The van der Waals surface area contributed by atoms with Crippen LogP contribution in [0.5, 0.6) is 5.75 Å². The molecule has 1 saturated carbocycles. The van der Waals surface area contributed by atoms with Crippen LogP contribution in [0.15, 0.2) is 24.3 Å². The second-order valence-electron chi connectivity index (χ2n) is 3.60. The number of carbonyl (C=O) groups excluding carboxylic acids is 1. The van der Waals surface area contributed by atoms with Gasteiger partial charge in [0, 0.05) is 11.5 Å². The van der Waals surface area contributed by atoms with E-state index in [1.807, 2.05) is 31.2 Å². The van der Waals surface area contributed by atoms with Crippen molar-refractivity contribution in [1.82, 2.24) is 0 Å².